The van der Waals surface area contributed by atoms with Crippen LogP contribution in [-0.2, 0) is 0 Å². The molecule has 0 N–H and O–H groups in total. The van der Waals surface area contributed by atoms with Gasteiger partial charge >= 0.3 is 0 Å². The lowest BCUT2D eigenvalue weighted by molar-refractivity contribution is 1.17. The van der Waals surface area contributed by atoms with Crippen LogP contribution in [0.25, 0.3) is 83.0 Å². The van der Waals surface area contributed by atoms with Gasteiger partial charge in [0.15, 0.2) is 0 Å². The minimum Gasteiger partial charge on any atom is -0.298 e. The van der Waals surface area contributed by atoms with Crippen LogP contribution in [-0.4, -0.2) is 24.3 Å². The van der Waals surface area contributed by atoms with Crippen molar-refractivity contribution in [1.29, 1.82) is 0 Å². The summed E-state index contributed by atoms with van der Waals surface area (Å²) in [5.41, 5.74) is 10.7. The molecule has 0 radical (unpaired) electrons. The van der Waals surface area contributed by atoms with E-state index in [0.29, 0.717) is 0 Å². The number of pyridine rings is 4. The maximum absolute atomic E-state index is 5.08. The van der Waals surface area contributed by atoms with Gasteiger partial charge in [-0.1, -0.05) is 91.0 Å². The lowest BCUT2D eigenvalue weighted by Gasteiger charge is -2.13. The fraction of sp³-hybridized carbons (Fsp3) is 0. The standard InChI is InChI=1S/C38H23N5/c1-3-11-30-24(8-1)19-21-32(40-30)38-36(42-33-13-5-6-23-43(33)38)27-16-14-25(15-17-27)34-28-10-2-4-12-31(28)41-37-29(34)20-18-26-9-7-22-39-35(26)37/h1-23H. The van der Waals surface area contributed by atoms with E-state index in [-0.39, 0.29) is 0 Å². The third kappa shape index (κ3) is 3.72. The largest absolute Gasteiger partial charge is 0.298 e. The molecule has 5 nitrogen and oxygen atoms in total. The molecule has 5 heterocycles. The van der Waals surface area contributed by atoms with Crippen molar-refractivity contribution in [3.63, 3.8) is 0 Å². The fourth-order valence-corrected chi connectivity index (χ4v) is 6.24. The second kappa shape index (κ2) is 9.29. The monoisotopic (exact) mass is 549 g/mol. The summed E-state index contributed by atoms with van der Waals surface area (Å²) in [4.78, 5) is 19.9. The van der Waals surface area contributed by atoms with Crippen molar-refractivity contribution in [3.8, 4) is 33.8 Å². The maximum Gasteiger partial charge on any atom is 0.137 e. The Balaban J connectivity index is 1.25. The summed E-state index contributed by atoms with van der Waals surface area (Å²) >= 11 is 0. The van der Waals surface area contributed by atoms with E-state index in [1.54, 1.807) is 0 Å². The van der Waals surface area contributed by atoms with Crippen molar-refractivity contribution >= 4 is 49.3 Å². The second-order valence-corrected chi connectivity index (χ2v) is 10.7. The number of imidazole rings is 1. The molecule has 9 rings (SSSR count). The molecule has 0 aliphatic rings. The molecule has 43 heavy (non-hydrogen) atoms. The van der Waals surface area contributed by atoms with Gasteiger partial charge in [0.2, 0.25) is 0 Å². The molecule has 0 amide bonds. The van der Waals surface area contributed by atoms with Crippen LogP contribution in [0.4, 0.5) is 0 Å². The van der Waals surface area contributed by atoms with E-state index in [0.717, 1.165) is 83.0 Å². The average Bonchev–Trinajstić information content (AvgIpc) is 3.47. The Bertz CT molecular complexity index is 2510. The molecule has 0 saturated carbocycles. The molecular formula is C38H23N5. The third-order valence-corrected chi connectivity index (χ3v) is 8.24. The summed E-state index contributed by atoms with van der Waals surface area (Å²) in [7, 11) is 0. The highest BCUT2D eigenvalue weighted by Crippen LogP contribution is 2.39. The summed E-state index contributed by atoms with van der Waals surface area (Å²) in [5.74, 6) is 0. The molecule has 5 aromatic heterocycles. The van der Waals surface area contributed by atoms with E-state index in [1.165, 1.54) is 0 Å². The Hall–Kier alpha value is -5.94. The Labute approximate surface area is 246 Å². The number of nitrogens with zero attached hydrogens (tertiary/aromatic N) is 5. The average molecular weight is 550 g/mol. The Morgan fingerprint density at radius 3 is 2.19 bits per heavy atom. The first-order chi connectivity index (χ1) is 21.3. The normalized spacial score (nSPS) is 11.7. The molecule has 0 spiro atoms. The van der Waals surface area contributed by atoms with Crippen molar-refractivity contribution < 1.29 is 0 Å². The molecule has 200 valence electrons. The maximum atomic E-state index is 5.08. The first kappa shape index (κ1) is 23.7. The van der Waals surface area contributed by atoms with E-state index in [4.69, 9.17) is 19.9 Å². The van der Waals surface area contributed by atoms with Gasteiger partial charge in [0.05, 0.1) is 39.1 Å². The van der Waals surface area contributed by atoms with Gasteiger partial charge in [-0.05, 0) is 42.0 Å². The van der Waals surface area contributed by atoms with E-state index < -0.39 is 0 Å². The van der Waals surface area contributed by atoms with E-state index >= 15 is 0 Å². The third-order valence-electron chi connectivity index (χ3n) is 8.24. The van der Waals surface area contributed by atoms with Crippen LogP contribution in [0.1, 0.15) is 0 Å². The summed E-state index contributed by atoms with van der Waals surface area (Å²) < 4.78 is 2.13. The predicted octanol–water partition coefficient (Wildman–Crippen LogP) is 9.13. The van der Waals surface area contributed by atoms with Gasteiger partial charge in [0, 0.05) is 45.1 Å². The van der Waals surface area contributed by atoms with Crippen LogP contribution in [0.2, 0.25) is 0 Å². The second-order valence-electron chi connectivity index (χ2n) is 10.7. The SMILES string of the molecule is c1ccc2nc(-c3c(-c4ccc(-c5c6ccccc6nc6c5ccc5cccnc56)cc4)nc4ccccn34)ccc2c1. The van der Waals surface area contributed by atoms with Crippen LogP contribution >= 0.6 is 0 Å². The van der Waals surface area contributed by atoms with E-state index in [1.807, 2.05) is 48.7 Å². The van der Waals surface area contributed by atoms with Gasteiger partial charge in [0.25, 0.3) is 0 Å². The number of hydrogen-bond donors (Lipinski definition) is 0. The van der Waals surface area contributed by atoms with Crippen LogP contribution < -0.4 is 0 Å². The molecule has 0 atom stereocenters. The van der Waals surface area contributed by atoms with Crippen LogP contribution in [0.5, 0.6) is 0 Å². The van der Waals surface area contributed by atoms with Gasteiger partial charge in [-0.3, -0.25) is 9.38 Å². The molecule has 0 fully saturated rings. The van der Waals surface area contributed by atoms with Crippen molar-refractivity contribution in [2.24, 2.45) is 0 Å². The molecule has 0 bridgehead atoms. The molecule has 9 aromatic rings. The molecule has 0 aliphatic heterocycles. The first-order valence-electron chi connectivity index (χ1n) is 14.3. The zero-order valence-electron chi connectivity index (χ0n) is 23.0. The van der Waals surface area contributed by atoms with E-state index in [9.17, 15) is 0 Å². The van der Waals surface area contributed by atoms with Crippen LogP contribution in [0.15, 0.2) is 140 Å². The summed E-state index contributed by atoms with van der Waals surface area (Å²) in [6.07, 6.45) is 3.89. The summed E-state index contributed by atoms with van der Waals surface area (Å²) in [6.45, 7) is 0. The Morgan fingerprint density at radius 2 is 1.26 bits per heavy atom. The smallest absolute Gasteiger partial charge is 0.137 e. The molecule has 4 aromatic carbocycles. The minimum absolute atomic E-state index is 0.886. The minimum atomic E-state index is 0.886. The topological polar surface area (TPSA) is 56.0 Å². The van der Waals surface area contributed by atoms with E-state index in [2.05, 4.69) is 95.5 Å². The summed E-state index contributed by atoms with van der Waals surface area (Å²) in [6, 6.07) is 44.0. The number of benzene rings is 4. The lowest BCUT2D eigenvalue weighted by atomic mass is 9.94. The number of rotatable bonds is 3. The quantitative estimate of drug-likeness (QED) is 0.163. The zero-order valence-corrected chi connectivity index (χ0v) is 23.0. The Kier molecular flexibility index (Phi) is 5.13. The predicted molar refractivity (Wildman–Crippen MR) is 175 cm³/mol. The van der Waals surface area contributed by atoms with Crippen molar-refractivity contribution in [2.75, 3.05) is 0 Å². The first-order valence-corrected chi connectivity index (χ1v) is 14.3. The van der Waals surface area contributed by atoms with Gasteiger partial charge in [-0.25, -0.2) is 15.0 Å². The number of aromatic nitrogens is 5. The highest BCUT2D eigenvalue weighted by Gasteiger charge is 2.19. The molecule has 0 aliphatic carbocycles. The molecule has 5 heteroatoms. The van der Waals surface area contributed by atoms with Crippen molar-refractivity contribution in [2.45, 2.75) is 0 Å². The number of hydrogen-bond acceptors (Lipinski definition) is 4. The molecule has 0 saturated heterocycles. The van der Waals surface area contributed by atoms with Gasteiger partial charge in [-0.15, -0.1) is 0 Å². The van der Waals surface area contributed by atoms with Gasteiger partial charge in [0.1, 0.15) is 5.65 Å². The highest BCUT2D eigenvalue weighted by molar-refractivity contribution is 6.15. The molecule has 0 unspecified atom stereocenters. The summed E-state index contributed by atoms with van der Waals surface area (Å²) in [5, 5.41) is 4.41. The number of fused-ring (bicyclic) bond motifs is 6. The van der Waals surface area contributed by atoms with Crippen LogP contribution in [0.3, 0.4) is 0 Å². The van der Waals surface area contributed by atoms with Crippen molar-refractivity contribution in [3.05, 3.63) is 140 Å². The lowest BCUT2D eigenvalue weighted by Crippen LogP contribution is -1.93. The van der Waals surface area contributed by atoms with Gasteiger partial charge < -0.3 is 0 Å². The highest BCUT2D eigenvalue weighted by atomic mass is 15.0. The van der Waals surface area contributed by atoms with Crippen molar-refractivity contribution in [1.82, 2.24) is 24.3 Å². The fourth-order valence-electron chi connectivity index (χ4n) is 6.24. The zero-order chi connectivity index (χ0) is 28.3. The van der Waals surface area contributed by atoms with Crippen LogP contribution in [0, 0.1) is 0 Å². The van der Waals surface area contributed by atoms with Gasteiger partial charge in [-0.2, -0.15) is 0 Å². The Morgan fingerprint density at radius 1 is 0.488 bits per heavy atom. The molecular weight excluding hydrogens is 526 g/mol. The number of para-hydroxylation sites is 2.